The van der Waals surface area contributed by atoms with Crippen LogP contribution in [0, 0.1) is 0 Å². The number of hydrogen-bond acceptors (Lipinski definition) is 3. The van der Waals surface area contributed by atoms with Crippen LogP contribution in [0.2, 0.25) is 5.02 Å². The third-order valence-electron chi connectivity index (χ3n) is 3.39. The molecule has 1 aromatic rings. The molecule has 0 aliphatic heterocycles. The van der Waals surface area contributed by atoms with Gasteiger partial charge in [-0.25, -0.2) is 0 Å². The van der Waals surface area contributed by atoms with Gasteiger partial charge in [0.15, 0.2) is 0 Å². The molecule has 1 aromatic carbocycles. The van der Waals surface area contributed by atoms with Crippen molar-refractivity contribution < 1.29 is 63.2 Å². The van der Waals surface area contributed by atoms with E-state index >= 15 is 0 Å². The molecule has 0 saturated heterocycles. The van der Waals surface area contributed by atoms with Crippen molar-refractivity contribution in [1.82, 2.24) is 0 Å². The lowest BCUT2D eigenvalue weighted by Gasteiger charge is -2.32. The van der Waals surface area contributed by atoms with Crippen LogP contribution in [-0.4, -0.2) is 34.2 Å². The van der Waals surface area contributed by atoms with Crippen molar-refractivity contribution >= 4 is 11.6 Å². The molecule has 0 amide bonds. The second-order valence-corrected chi connectivity index (χ2v) is 5.69. The fourth-order valence-electron chi connectivity index (χ4n) is 1.79. The predicted octanol–water partition coefficient (Wildman–Crippen LogP) is 5.28. The van der Waals surface area contributed by atoms with E-state index in [-0.39, 0.29) is 11.1 Å². The Morgan fingerprint density at radius 1 is 0.828 bits per heavy atom. The van der Waals surface area contributed by atoms with E-state index in [0.717, 1.165) is 6.07 Å². The molecular weight excluding hydrogens is 461 g/mol. The molecule has 0 bridgehead atoms. The van der Waals surface area contributed by atoms with Crippen LogP contribution in [0.4, 0.5) is 48.3 Å². The van der Waals surface area contributed by atoms with E-state index in [1.807, 2.05) is 0 Å². The van der Waals surface area contributed by atoms with Crippen LogP contribution >= 0.6 is 11.6 Å². The highest BCUT2D eigenvalue weighted by Gasteiger charge is 2.83. The summed E-state index contributed by atoms with van der Waals surface area (Å²) in [7, 11) is 0. The summed E-state index contributed by atoms with van der Waals surface area (Å²) in [5.41, 5.74) is -0.378. The standard InChI is InChI=1S/C14H8ClF11O3/c15-7-1-5(3-27)6(4-28)2-8(7)29-10(17)9(16)11(18,19)12(20,21)13(22,23)14(24,25)26/h1-2,27-28H,3-4H2. The molecule has 0 fully saturated rings. The Morgan fingerprint density at radius 3 is 1.69 bits per heavy atom. The number of halogens is 12. The molecule has 15 heteroatoms. The zero-order valence-electron chi connectivity index (χ0n) is 13.4. The first-order valence-electron chi connectivity index (χ1n) is 6.92. The van der Waals surface area contributed by atoms with E-state index in [2.05, 4.69) is 4.74 Å². The molecule has 0 atom stereocenters. The highest BCUT2D eigenvalue weighted by atomic mass is 35.5. The summed E-state index contributed by atoms with van der Waals surface area (Å²) in [5, 5.41) is 17.2. The number of rotatable bonds is 7. The third-order valence-corrected chi connectivity index (χ3v) is 3.68. The van der Waals surface area contributed by atoms with Crippen LogP contribution in [0.1, 0.15) is 11.1 Å². The second kappa shape index (κ2) is 8.14. The maximum absolute atomic E-state index is 13.6. The molecule has 166 valence electrons. The van der Waals surface area contributed by atoms with Gasteiger partial charge in [0.25, 0.3) is 0 Å². The van der Waals surface area contributed by atoms with E-state index < -0.39 is 59.8 Å². The van der Waals surface area contributed by atoms with Crippen LogP contribution in [0.3, 0.4) is 0 Å². The Morgan fingerprint density at radius 2 is 1.28 bits per heavy atom. The molecule has 0 radical (unpaired) electrons. The number of allylic oxidation sites excluding steroid dienone is 1. The number of hydrogen-bond donors (Lipinski definition) is 2. The Bertz CT molecular complexity index is 790. The van der Waals surface area contributed by atoms with Crippen molar-refractivity contribution in [1.29, 1.82) is 0 Å². The van der Waals surface area contributed by atoms with E-state index in [0.29, 0.717) is 6.07 Å². The predicted molar refractivity (Wildman–Crippen MR) is 74.1 cm³/mol. The molecule has 0 spiro atoms. The molecule has 1 rings (SSSR count). The summed E-state index contributed by atoms with van der Waals surface area (Å²) in [5.74, 6) is -27.1. The average molecular weight is 469 g/mol. The molecule has 0 aliphatic carbocycles. The lowest BCUT2D eigenvalue weighted by atomic mass is 10.0. The van der Waals surface area contributed by atoms with Crippen LogP contribution in [0.15, 0.2) is 24.0 Å². The zero-order valence-corrected chi connectivity index (χ0v) is 14.2. The molecule has 0 unspecified atom stereocenters. The summed E-state index contributed by atoms with van der Waals surface area (Å²) in [6.45, 7) is -1.64. The lowest BCUT2D eigenvalue weighted by molar-refractivity contribution is -0.392. The molecule has 2 N–H and O–H groups in total. The molecule has 0 aliphatic rings. The van der Waals surface area contributed by atoms with Crippen molar-refractivity contribution in [2.75, 3.05) is 0 Å². The van der Waals surface area contributed by atoms with Crippen molar-refractivity contribution in [2.24, 2.45) is 0 Å². The average Bonchev–Trinajstić information content (AvgIpc) is 2.60. The number of ether oxygens (including phenoxy) is 1. The summed E-state index contributed by atoms with van der Waals surface area (Å²) >= 11 is 5.49. The van der Waals surface area contributed by atoms with Gasteiger partial charge in [0.1, 0.15) is 5.75 Å². The summed E-state index contributed by atoms with van der Waals surface area (Å²) < 4.78 is 145. The highest BCUT2D eigenvalue weighted by Crippen LogP contribution is 2.55. The van der Waals surface area contributed by atoms with Gasteiger partial charge in [0.2, 0.25) is 5.83 Å². The van der Waals surface area contributed by atoms with Crippen molar-refractivity contribution in [3.8, 4) is 5.75 Å². The Labute approximate surface area is 158 Å². The van der Waals surface area contributed by atoms with Crippen LogP contribution in [0.25, 0.3) is 0 Å². The molecule has 29 heavy (non-hydrogen) atoms. The first kappa shape index (κ1) is 25.2. The summed E-state index contributed by atoms with van der Waals surface area (Å²) in [6.07, 6.45) is -7.23. The highest BCUT2D eigenvalue weighted by molar-refractivity contribution is 6.32. The van der Waals surface area contributed by atoms with Gasteiger partial charge in [0.05, 0.1) is 18.2 Å². The van der Waals surface area contributed by atoms with E-state index in [1.54, 1.807) is 0 Å². The van der Waals surface area contributed by atoms with Crippen LogP contribution in [-0.2, 0) is 13.2 Å². The number of alkyl halides is 9. The van der Waals surface area contributed by atoms with E-state index in [1.165, 1.54) is 0 Å². The minimum Gasteiger partial charge on any atom is -0.428 e. The van der Waals surface area contributed by atoms with Gasteiger partial charge in [-0.1, -0.05) is 11.6 Å². The number of aliphatic hydroxyl groups is 2. The quantitative estimate of drug-likeness (QED) is 0.423. The molecule has 0 saturated carbocycles. The minimum atomic E-state index is -7.44. The fraction of sp³-hybridized carbons (Fsp3) is 0.429. The van der Waals surface area contributed by atoms with Gasteiger partial charge in [-0.3, -0.25) is 0 Å². The van der Waals surface area contributed by atoms with Gasteiger partial charge in [-0.2, -0.15) is 48.3 Å². The fourth-order valence-corrected chi connectivity index (χ4v) is 2.01. The zero-order chi connectivity index (χ0) is 23.0. The third kappa shape index (κ3) is 4.38. The van der Waals surface area contributed by atoms with Gasteiger partial charge in [-0.05, 0) is 23.3 Å². The minimum absolute atomic E-state index is 0.101. The molecule has 0 aromatic heterocycles. The van der Waals surface area contributed by atoms with Gasteiger partial charge in [-0.15, -0.1) is 0 Å². The Kier molecular flexibility index (Phi) is 7.09. The molecular formula is C14H8ClF11O3. The Hall–Kier alpha value is -1.80. The van der Waals surface area contributed by atoms with Gasteiger partial charge >= 0.3 is 30.0 Å². The Balaban J connectivity index is 3.42. The van der Waals surface area contributed by atoms with Gasteiger partial charge in [0, 0.05) is 0 Å². The van der Waals surface area contributed by atoms with Crippen molar-refractivity contribution in [3.05, 3.63) is 40.1 Å². The first-order valence-corrected chi connectivity index (χ1v) is 7.30. The normalized spacial score (nSPS) is 14.7. The van der Waals surface area contributed by atoms with Crippen molar-refractivity contribution in [3.63, 3.8) is 0 Å². The topological polar surface area (TPSA) is 49.7 Å². The summed E-state index contributed by atoms with van der Waals surface area (Å²) in [6, 6.07) is -1.99. The smallest absolute Gasteiger partial charge is 0.428 e. The second-order valence-electron chi connectivity index (χ2n) is 5.28. The van der Waals surface area contributed by atoms with Crippen LogP contribution in [0.5, 0.6) is 5.75 Å². The maximum atomic E-state index is 13.6. The SMILES string of the molecule is OCc1cc(Cl)c(OC(F)=C(F)C(F)(F)C(F)(F)C(F)(F)C(F)(F)F)cc1CO. The maximum Gasteiger partial charge on any atom is 0.460 e. The van der Waals surface area contributed by atoms with E-state index in [9.17, 15) is 48.3 Å². The molecule has 3 nitrogen and oxygen atoms in total. The summed E-state index contributed by atoms with van der Waals surface area (Å²) in [4.78, 5) is 0. The lowest BCUT2D eigenvalue weighted by Crippen LogP contribution is -2.61. The number of aliphatic hydroxyl groups excluding tert-OH is 2. The van der Waals surface area contributed by atoms with Crippen LogP contribution < -0.4 is 4.74 Å². The van der Waals surface area contributed by atoms with Gasteiger partial charge < -0.3 is 14.9 Å². The largest absolute Gasteiger partial charge is 0.460 e. The number of benzene rings is 1. The monoisotopic (exact) mass is 468 g/mol. The van der Waals surface area contributed by atoms with Crippen molar-refractivity contribution in [2.45, 2.75) is 37.2 Å². The molecule has 0 heterocycles. The van der Waals surface area contributed by atoms with E-state index in [4.69, 9.17) is 21.8 Å². The first-order chi connectivity index (χ1) is 13.0.